The Morgan fingerprint density at radius 2 is 0.879 bits per heavy atom. The van der Waals surface area contributed by atoms with E-state index in [9.17, 15) is 23.3 Å². The number of nitro groups is 1. The van der Waals surface area contributed by atoms with Gasteiger partial charge in [-0.1, -0.05) is 101 Å². The van der Waals surface area contributed by atoms with Gasteiger partial charge in [-0.25, -0.2) is 0 Å². The predicted molar refractivity (Wildman–Crippen MR) is 136 cm³/mol. The Morgan fingerprint density at radius 3 is 1.09 bits per heavy atom. The van der Waals surface area contributed by atoms with Gasteiger partial charge < -0.3 is 0 Å². The molecule has 0 saturated heterocycles. The molecule has 7 heteroatoms. The van der Waals surface area contributed by atoms with E-state index >= 15 is 0 Å². The largest absolute Gasteiger partial charge is 0.386 e. The predicted octanol–water partition coefficient (Wildman–Crippen LogP) is 9.56. The lowest BCUT2D eigenvalue weighted by molar-refractivity contribution is -0.384. The molecular formula is C26H33BrF3NO2. The number of non-ortho nitro benzene ring substituents is 1. The van der Waals surface area contributed by atoms with Crippen molar-refractivity contribution in [3.63, 3.8) is 0 Å². The van der Waals surface area contributed by atoms with Crippen LogP contribution in [0.1, 0.15) is 43.0 Å². The Hall–Kier alpha value is -2.67. The zero-order valence-corrected chi connectivity index (χ0v) is 21.8. The maximum Gasteiger partial charge on any atom is 0.386 e. The highest BCUT2D eigenvalue weighted by molar-refractivity contribution is 9.10. The van der Waals surface area contributed by atoms with E-state index in [0.717, 1.165) is 10.0 Å². The third-order valence-corrected chi connectivity index (χ3v) is 4.00. The molecule has 0 saturated carbocycles. The molecule has 0 aromatic heterocycles. The average Bonchev–Trinajstić information content (AvgIpc) is 2.74. The molecule has 33 heavy (non-hydrogen) atoms. The summed E-state index contributed by atoms with van der Waals surface area (Å²) in [4.78, 5) is 9.71. The molecule has 0 N–H and O–H groups in total. The maximum absolute atomic E-state index is 10.4. The van der Waals surface area contributed by atoms with Crippen LogP contribution in [0.15, 0.2) is 77.3 Å². The van der Waals surface area contributed by atoms with Crippen molar-refractivity contribution in [2.24, 2.45) is 0 Å². The number of alkyl halides is 3. The summed E-state index contributed by atoms with van der Waals surface area (Å²) < 4.78 is 32.2. The van der Waals surface area contributed by atoms with Crippen LogP contribution in [-0.2, 0) is 0 Å². The molecule has 0 fully saturated rings. The molecule has 0 aliphatic carbocycles. The molecule has 0 aliphatic rings. The fourth-order valence-electron chi connectivity index (χ4n) is 1.84. The number of hydrogen-bond donors (Lipinski definition) is 0. The van der Waals surface area contributed by atoms with Crippen molar-refractivity contribution in [1.82, 2.24) is 0 Å². The van der Waals surface area contributed by atoms with Crippen LogP contribution in [0.3, 0.4) is 0 Å². The Labute approximate surface area is 204 Å². The quantitative estimate of drug-likeness (QED) is 0.233. The molecule has 0 unspecified atom stereocenters. The summed E-state index contributed by atoms with van der Waals surface area (Å²) in [6, 6.07) is 23.1. The highest BCUT2D eigenvalue weighted by Crippen LogP contribution is 2.11. The van der Waals surface area contributed by atoms with Crippen LogP contribution >= 0.6 is 15.9 Å². The van der Waals surface area contributed by atoms with Crippen molar-refractivity contribution < 1.29 is 18.1 Å². The van der Waals surface area contributed by atoms with Gasteiger partial charge in [0, 0.05) is 23.5 Å². The van der Waals surface area contributed by atoms with Crippen LogP contribution < -0.4 is 0 Å². The summed E-state index contributed by atoms with van der Waals surface area (Å²) in [7, 11) is 0. The minimum atomic E-state index is -4.00. The summed E-state index contributed by atoms with van der Waals surface area (Å²) in [5.41, 5.74) is 5.13. The zero-order valence-electron chi connectivity index (χ0n) is 20.2. The smallest absolute Gasteiger partial charge is 0.258 e. The Morgan fingerprint density at radius 1 is 0.667 bits per heavy atom. The molecule has 3 aromatic carbocycles. The first-order valence-electron chi connectivity index (χ1n) is 10.3. The fraction of sp³-hybridized carbons (Fsp3) is 0.308. The molecule has 0 heterocycles. The normalized spacial score (nSPS) is 9.30. The molecule has 182 valence electrons. The van der Waals surface area contributed by atoms with Crippen LogP contribution in [0, 0.1) is 37.8 Å². The van der Waals surface area contributed by atoms with Gasteiger partial charge in [0.15, 0.2) is 0 Å². The van der Waals surface area contributed by atoms with Gasteiger partial charge in [0.25, 0.3) is 5.69 Å². The van der Waals surface area contributed by atoms with Gasteiger partial charge in [0.05, 0.1) is 4.92 Å². The van der Waals surface area contributed by atoms with E-state index in [1.54, 1.807) is 12.1 Å². The lowest BCUT2D eigenvalue weighted by Crippen LogP contribution is -1.95. The zero-order chi connectivity index (χ0) is 26.0. The number of benzene rings is 3. The van der Waals surface area contributed by atoms with Gasteiger partial charge in [-0.3, -0.25) is 10.1 Å². The molecule has 0 aliphatic heterocycles. The SMILES string of the molecule is CC.CC(F)(F)F.Cc1ccc(Br)cc1.Cc1ccc(C)cc1.Cc1ccc([N+](=O)[O-])cc1. The van der Waals surface area contributed by atoms with Gasteiger partial charge in [-0.2, -0.15) is 13.2 Å². The van der Waals surface area contributed by atoms with E-state index in [1.807, 2.05) is 32.9 Å². The van der Waals surface area contributed by atoms with E-state index in [0.29, 0.717) is 0 Å². The van der Waals surface area contributed by atoms with E-state index < -0.39 is 11.1 Å². The second kappa shape index (κ2) is 17.8. The molecular weight excluding hydrogens is 495 g/mol. The average molecular weight is 528 g/mol. The first-order chi connectivity index (χ1) is 15.3. The standard InChI is InChI=1S/C8H10.C7H7Br.C7H7NO2.C2H3F3.C2H6/c1-7-3-5-8(2)6-4-7;1-6-2-4-7(8)5-3-6;1-6-2-4-7(5-3-6)8(9)10;1-2(3,4)5;1-2/h3-6H,1-2H3;2-5H,1H3;2-5H,1H3;1H3;1-2H3. The monoisotopic (exact) mass is 527 g/mol. The van der Waals surface area contributed by atoms with Crippen LogP contribution in [0.4, 0.5) is 18.9 Å². The van der Waals surface area contributed by atoms with E-state index in [-0.39, 0.29) is 12.6 Å². The molecule has 0 radical (unpaired) electrons. The van der Waals surface area contributed by atoms with Crippen LogP contribution in [0.25, 0.3) is 0 Å². The van der Waals surface area contributed by atoms with Gasteiger partial charge in [-0.15, -0.1) is 0 Å². The van der Waals surface area contributed by atoms with Crippen molar-refractivity contribution in [3.05, 3.63) is 110 Å². The Balaban J connectivity index is 0. The number of nitrogens with zero attached hydrogens (tertiary/aromatic N) is 1. The molecule has 3 aromatic rings. The third-order valence-electron chi connectivity index (χ3n) is 3.47. The topological polar surface area (TPSA) is 43.1 Å². The first kappa shape index (κ1) is 32.5. The molecule has 3 nitrogen and oxygen atoms in total. The van der Waals surface area contributed by atoms with E-state index in [2.05, 4.69) is 73.1 Å². The van der Waals surface area contributed by atoms with Gasteiger partial charge in [-0.05, 0) is 39.8 Å². The number of halogens is 4. The van der Waals surface area contributed by atoms with Gasteiger partial charge in [0.1, 0.15) is 0 Å². The van der Waals surface area contributed by atoms with E-state index in [1.165, 1.54) is 28.8 Å². The number of hydrogen-bond acceptors (Lipinski definition) is 2. The number of rotatable bonds is 1. The summed E-state index contributed by atoms with van der Waals surface area (Å²) in [5.74, 6) is 0. The third kappa shape index (κ3) is 22.3. The molecule has 0 atom stereocenters. The molecule has 0 spiro atoms. The van der Waals surface area contributed by atoms with Crippen molar-refractivity contribution in [3.8, 4) is 0 Å². The molecule has 0 bridgehead atoms. The summed E-state index contributed by atoms with van der Waals surface area (Å²) in [6.07, 6.45) is -4.00. The van der Waals surface area contributed by atoms with Crippen LogP contribution in [-0.4, -0.2) is 11.1 Å². The van der Waals surface area contributed by atoms with Crippen molar-refractivity contribution in [1.29, 1.82) is 0 Å². The first-order valence-corrected chi connectivity index (χ1v) is 11.1. The molecule has 3 rings (SSSR count). The highest BCUT2D eigenvalue weighted by Gasteiger charge is 2.15. The summed E-state index contributed by atoms with van der Waals surface area (Å²) in [5, 5.41) is 10.1. The van der Waals surface area contributed by atoms with Gasteiger partial charge >= 0.3 is 6.18 Å². The van der Waals surface area contributed by atoms with Crippen LogP contribution in [0.5, 0.6) is 0 Å². The second-order valence-electron chi connectivity index (χ2n) is 6.82. The fourth-order valence-corrected chi connectivity index (χ4v) is 2.10. The molecule has 0 amide bonds. The second-order valence-corrected chi connectivity index (χ2v) is 7.74. The van der Waals surface area contributed by atoms with Crippen LogP contribution in [0.2, 0.25) is 0 Å². The highest BCUT2D eigenvalue weighted by atomic mass is 79.9. The van der Waals surface area contributed by atoms with Gasteiger partial charge in [0.2, 0.25) is 0 Å². The van der Waals surface area contributed by atoms with Crippen molar-refractivity contribution in [2.75, 3.05) is 0 Å². The van der Waals surface area contributed by atoms with E-state index in [4.69, 9.17) is 0 Å². The van der Waals surface area contributed by atoms with Crippen molar-refractivity contribution in [2.45, 2.75) is 54.6 Å². The Kier molecular flexibility index (Phi) is 17.6. The Bertz CT molecular complexity index is 801. The lowest BCUT2D eigenvalue weighted by atomic mass is 10.2. The maximum atomic E-state index is 10.4. The number of nitro benzene ring substituents is 1. The van der Waals surface area contributed by atoms with Crippen molar-refractivity contribution >= 4 is 21.6 Å². The number of aryl methyl sites for hydroxylation is 4. The minimum absolute atomic E-state index is 0.144. The minimum Gasteiger partial charge on any atom is -0.258 e. The summed E-state index contributed by atoms with van der Waals surface area (Å²) >= 11 is 3.35. The summed E-state index contributed by atoms with van der Waals surface area (Å²) in [6.45, 7) is 12.3. The lowest BCUT2D eigenvalue weighted by Gasteiger charge is -1.90.